The van der Waals surface area contributed by atoms with E-state index < -0.39 is 18.3 Å². The highest BCUT2D eigenvalue weighted by Crippen LogP contribution is 2.45. The van der Waals surface area contributed by atoms with E-state index in [0.717, 1.165) is 16.6 Å². The Bertz CT molecular complexity index is 1700. The molecule has 4 heteroatoms. The zero-order valence-corrected chi connectivity index (χ0v) is 19.8. The lowest BCUT2D eigenvalue weighted by atomic mass is 9.75. The zero-order valence-electron chi connectivity index (χ0n) is 19.8. The summed E-state index contributed by atoms with van der Waals surface area (Å²) >= 11 is 0. The van der Waals surface area contributed by atoms with Gasteiger partial charge in [0.1, 0.15) is 11.2 Å². The smallest absolute Gasteiger partial charge is 0.456 e. The Labute approximate surface area is 198 Å². The molecule has 166 valence electrons. The minimum atomic E-state index is -0.432. The van der Waals surface area contributed by atoms with Gasteiger partial charge < -0.3 is 13.7 Å². The van der Waals surface area contributed by atoms with E-state index in [9.17, 15) is 0 Å². The third-order valence-corrected chi connectivity index (χ3v) is 7.85. The molecule has 0 bridgehead atoms. The monoisotopic (exact) mass is 444 g/mol. The highest BCUT2D eigenvalue weighted by atomic mass is 16.7. The molecule has 1 aromatic heterocycles. The Kier molecular flexibility index (Phi) is 3.91. The largest absolute Gasteiger partial charge is 0.494 e. The molecule has 1 aliphatic heterocycles. The van der Waals surface area contributed by atoms with E-state index in [1.807, 2.05) is 0 Å². The van der Waals surface area contributed by atoms with Gasteiger partial charge in [0, 0.05) is 10.8 Å². The van der Waals surface area contributed by atoms with Gasteiger partial charge in [0.05, 0.1) is 11.2 Å². The molecule has 2 heterocycles. The SMILES string of the molecule is CC1(C)OB(c2cc(-c3ccccc3)c3c(c2)c2cccc4oc5cccc3c5c42)OC1(C)C. The molecule has 0 aliphatic carbocycles. The molecule has 1 fully saturated rings. The van der Waals surface area contributed by atoms with Crippen LogP contribution in [0, 0.1) is 0 Å². The maximum absolute atomic E-state index is 6.48. The highest BCUT2D eigenvalue weighted by molar-refractivity contribution is 6.63. The molecule has 6 aromatic rings. The average molecular weight is 444 g/mol. The standard InChI is InChI=1S/C30H25BO3/c1-29(2)30(3,4)34-31(33-29)19-16-22(18-10-6-5-7-11-18)26-21-13-9-15-25-28(21)27-20(23(26)17-19)12-8-14-24(27)32-25/h5-17H,1-4H3. The molecule has 7 rings (SSSR count). The second-order valence-corrected chi connectivity index (χ2v) is 10.4. The lowest BCUT2D eigenvalue weighted by Crippen LogP contribution is -2.41. The van der Waals surface area contributed by atoms with Crippen molar-refractivity contribution < 1.29 is 13.7 Å². The Morgan fingerprint density at radius 1 is 0.588 bits per heavy atom. The third-order valence-electron chi connectivity index (χ3n) is 7.85. The van der Waals surface area contributed by atoms with Crippen molar-refractivity contribution in [2.75, 3.05) is 0 Å². The number of fused-ring (bicyclic) bond motifs is 3. The molecule has 0 unspecified atom stereocenters. The number of furan rings is 1. The van der Waals surface area contributed by atoms with Gasteiger partial charge in [-0.15, -0.1) is 0 Å². The zero-order chi connectivity index (χ0) is 23.2. The summed E-state index contributed by atoms with van der Waals surface area (Å²) in [6, 6.07) is 27.8. The van der Waals surface area contributed by atoms with Crippen molar-refractivity contribution in [3.63, 3.8) is 0 Å². The van der Waals surface area contributed by atoms with Gasteiger partial charge in [-0.05, 0) is 78.0 Å². The summed E-state index contributed by atoms with van der Waals surface area (Å²) in [6.45, 7) is 8.40. The fourth-order valence-electron chi connectivity index (χ4n) is 5.43. The average Bonchev–Trinajstić information content (AvgIpc) is 3.32. The predicted octanol–water partition coefficient (Wildman–Crippen LogP) is 7.30. The molecule has 34 heavy (non-hydrogen) atoms. The quantitative estimate of drug-likeness (QED) is 0.208. The van der Waals surface area contributed by atoms with Crippen molar-refractivity contribution in [2.24, 2.45) is 0 Å². The lowest BCUT2D eigenvalue weighted by Gasteiger charge is -2.32. The number of rotatable bonds is 2. The molecule has 0 atom stereocenters. The number of benzene rings is 5. The Morgan fingerprint density at radius 3 is 1.88 bits per heavy atom. The second-order valence-electron chi connectivity index (χ2n) is 10.4. The van der Waals surface area contributed by atoms with Crippen LogP contribution in [0.5, 0.6) is 0 Å². The van der Waals surface area contributed by atoms with Crippen molar-refractivity contribution >= 4 is 56.1 Å². The first-order chi connectivity index (χ1) is 16.3. The minimum absolute atomic E-state index is 0.399. The van der Waals surface area contributed by atoms with Crippen LogP contribution in [0.3, 0.4) is 0 Å². The van der Waals surface area contributed by atoms with Crippen LogP contribution in [0.1, 0.15) is 27.7 Å². The van der Waals surface area contributed by atoms with E-state index >= 15 is 0 Å². The summed E-state index contributed by atoms with van der Waals surface area (Å²) in [5.74, 6) is 0. The third kappa shape index (κ3) is 2.61. The van der Waals surface area contributed by atoms with Gasteiger partial charge in [0.15, 0.2) is 0 Å². The highest BCUT2D eigenvalue weighted by Gasteiger charge is 2.51. The first-order valence-corrected chi connectivity index (χ1v) is 11.9. The summed E-state index contributed by atoms with van der Waals surface area (Å²) in [4.78, 5) is 0. The summed E-state index contributed by atoms with van der Waals surface area (Å²) in [7, 11) is -0.432. The van der Waals surface area contributed by atoms with E-state index in [4.69, 9.17) is 13.7 Å². The molecule has 5 aromatic carbocycles. The maximum Gasteiger partial charge on any atom is 0.494 e. The minimum Gasteiger partial charge on any atom is -0.456 e. The molecule has 0 N–H and O–H groups in total. The van der Waals surface area contributed by atoms with Gasteiger partial charge in [0.25, 0.3) is 0 Å². The van der Waals surface area contributed by atoms with E-state index in [1.165, 1.54) is 43.4 Å². The predicted molar refractivity (Wildman–Crippen MR) is 141 cm³/mol. The van der Waals surface area contributed by atoms with Crippen molar-refractivity contribution in [1.29, 1.82) is 0 Å². The van der Waals surface area contributed by atoms with Gasteiger partial charge in [-0.1, -0.05) is 66.7 Å². The molecule has 3 nitrogen and oxygen atoms in total. The van der Waals surface area contributed by atoms with Crippen LogP contribution in [0.2, 0.25) is 0 Å². The van der Waals surface area contributed by atoms with Gasteiger partial charge in [-0.2, -0.15) is 0 Å². The molecular weight excluding hydrogens is 419 g/mol. The van der Waals surface area contributed by atoms with E-state index in [-0.39, 0.29) is 0 Å². The number of hydrogen-bond acceptors (Lipinski definition) is 3. The first kappa shape index (κ1) is 20.1. The molecule has 0 spiro atoms. The van der Waals surface area contributed by atoms with Crippen LogP contribution in [0.15, 0.2) is 83.3 Å². The van der Waals surface area contributed by atoms with Crippen molar-refractivity contribution in [3.05, 3.63) is 78.9 Å². The van der Waals surface area contributed by atoms with Crippen LogP contribution in [0.25, 0.3) is 54.6 Å². The van der Waals surface area contributed by atoms with Crippen LogP contribution >= 0.6 is 0 Å². The van der Waals surface area contributed by atoms with Crippen molar-refractivity contribution in [2.45, 2.75) is 38.9 Å². The number of hydrogen-bond donors (Lipinski definition) is 0. The van der Waals surface area contributed by atoms with E-state index in [1.54, 1.807) is 0 Å². The van der Waals surface area contributed by atoms with Crippen LogP contribution in [-0.2, 0) is 9.31 Å². The molecule has 0 saturated carbocycles. The summed E-state index contributed by atoms with van der Waals surface area (Å²) in [6.07, 6.45) is 0. The van der Waals surface area contributed by atoms with E-state index in [0.29, 0.717) is 0 Å². The topological polar surface area (TPSA) is 31.6 Å². The summed E-state index contributed by atoms with van der Waals surface area (Å²) in [5.41, 5.74) is 4.44. The molecule has 1 aliphatic rings. The molecular formula is C30H25BO3. The fraction of sp³-hybridized carbons (Fsp3) is 0.200. The van der Waals surface area contributed by atoms with Gasteiger partial charge >= 0.3 is 7.12 Å². The Hall–Kier alpha value is -3.34. The Balaban J connectivity index is 1.64. The molecule has 0 amide bonds. The lowest BCUT2D eigenvalue weighted by molar-refractivity contribution is 0.00578. The Morgan fingerprint density at radius 2 is 1.21 bits per heavy atom. The van der Waals surface area contributed by atoms with E-state index in [2.05, 4.69) is 107 Å². The van der Waals surface area contributed by atoms with Gasteiger partial charge in [-0.25, -0.2) is 0 Å². The summed E-state index contributed by atoms with van der Waals surface area (Å²) in [5, 5.41) is 7.22. The van der Waals surface area contributed by atoms with Crippen molar-refractivity contribution in [1.82, 2.24) is 0 Å². The van der Waals surface area contributed by atoms with Gasteiger partial charge in [-0.3, -0.25) is 0 Å². The summed E-state index contributed by atoms with van der Waals surface area (Å²) < 4.78 is 19.2. The first-order valence-electron chi connectivity index (χ1n) is 11.9. The van der Waals surface area contributed by atoms with Crippen LogP contribution < -0.4 is 5.46 Å². The van der Waals surface area contributed by atoms with Crippen LogP contribution in [-0.4, -0.2) is 18.3 Å². The van der Waals surface area contributed by atoms with Gasteiger partial charge in [0.2, 0.25) is 0 Å². The molecule has 1 saturated heterocycles. The second kappa shape index (κ2) is 6.62. The van der Waals surface area contributed by atoms with Crippen LogP contribution in [0.4, 0.5) is 0 Å². The maximum atomic E-state index is 6.48. The normalized spacial score (nSPS) is 17.6. The molecule has 0 radical (unpaired) electrons. The fourth-order valence-corrected chi connectivity index (χ4v) is 5.43. The van der Waals surface area contributed by atoms with Crippen molar-refractivity contribution in [3.8, 4) is 11.1 Å².